The third-order valence-electron chi connectivity index (χ3n) is 5.53. The number of nitrogens with zero attached hydrogens (tertiary/aromatic N) is 2. The Labute approximate surface area is 180 Å². The summed E-state index contributed by atoms with van der Waals surface area (Å²) in [6.07, 6.45) is 2.35. The highest BCUT2D eigenvalue weighted by Gasteiger charge is 2.46. The summed E-state index contributed by atoms with van der Waals surface area (Å²) < 4.78 is 5.33. The number of benzene rings is 1. The topological polar surface area (TPSA) is 110 Å². The zero-order chi connectivity index (χ0) is 21.7. The molecule has 0 bridgehead atoms. The number of unbranched alkanes of at least 4 members (excludes halogenated alkanes) is 1. The Morgan fingerprint density at radius 3 is 2.23 bits per heavy atom. The molecule has 1 fully saturated rings. The maximum atomic E-state index is 12.4. The third kappa shape index (κ3) is 4.52. The molecule has 2 aliphatic heterocycles. The molecule has 0 aliphatic carbocycles. The van der Waals surface area contributed by atoms with Crippen molar-refractivity contribution in [1.29, 1.82) is 0 Å². The zero-order valence-electron chi connectivity index (χ0n) is 17.1. The molecule has 30 heavy (non-hydrogen) atoms. The lowest BCUT2D eigenvalue weighted by Crippen LogP contribution is -2.58. The minimum Gasteiger partial charge on any atom is -0.419 e. The molecular formula is C21H27N3O5S. The molecule has 0 aromatic heterocycles. The van der Waals surface area contributed by atoms with Gasteiger partial charge in [0.25, 0.3) is 11.8 Å². The van der Waals surface area contributed by atoms with Crippen molar-refractivity contribution >= 4 is 35.5 Å². The van der Waals surface area contributed by atoms with Gasteiger partial charge in [-0.2, -0.15) is 11.8 Å². The number of carbonyl (C=O) groups excluding carboxylic acids is 4. The van der Waals surface area contributed by atoms with E-state index in [-0.39, 0.29) is 17.6 Å². The minimum atomic E-state index is -1.32. The number of likely N-dealkylation sites (tertiary alicyclic amines) is 1. The fourth-order valence-electron chi connectivity index (χ4n) is 3.95. The van der Waals surface area contributed by atoms with Crippen LogP contribution in [0.15, 0.2) is 24.3 Å². The highest BCUT2D eigenvalue weighted by molar-refractivity contribution is 7.99. The van der Waals surface area contributed by atoms with Gasteiger partial charge in [-0.25, -0.2) is 4.79 Å². The van der Waals surface area contributed by atoms with Gasteiger partial charge in [0.05, 0.1) is 16.9 Å². The van der Waals surface area contributed by atoms with Crippen molar-refractivity contribution in [3.8, 4) is 0 Å². The average Bonchev–Trinajstić information content (AvgIpc) is 3.33. The molecule has 3 rings (SSSR count). The van der Waals surface area contributed by atoms with Crippen LogP contribution < -0.4 is 5.73 Å². The Balaban J connectivity index is 1.49. The number of ketones is 1. The molecule has 1 saturated heterocycles. The Kier molecular flexibility index (Phi) is 7.14. The number of nitrogens with two attached hydrogens (primary N) is 1. The fraction of sp³-hybridized carbons (Fsp3) is 0.524. The van der Waals surface area contributed by atoms with Gasteiger partial charge >= 0.3 is 6.09 Å². The quantitative estimate of drug-likeness (QED) is 0.445. The van der Waals surface area contributed by atoms with Crippen LogP contribution >= 0.6 is 11.8 Å². The van der Waals surface area contributed by atoms with E-state index in [4.69, 9.17) is 10.5 Å². The second kappa shape index (κ2) is 9.61. The monoisotopic (exact) mass is 433 g/mol. The average molecular weight is 434 g/mol. The molecule has 3 amide bonds. The Hall–Kier alpha value is -2.39. The summed E-state index contributed by atoms with van der Waals surface area (Å²) in [4.78, 5) is 51.8. The summed E-state index contributed by atoms with van der Waals surface area (Å²) in [5.41, 5.74) is 4.84. The van der Waals surface area contributed by atoms with Crippen molar-refractivity contribution in [2.45, 2.75) is 38.3 Å². The molecule has 1 aromatic rings. The summed E-state index contributed by atoms with van der Waals surface area (Å²) in [6.45, 7) is 3.15. The number of hydrogen-bond donors (Lipinski definition) is 1. The normalized spacial score (nSPS) is 18.4. The molecule has 1 atom stereocenters. The van der Waals surface area contributed by atoms with E-state index in [1.165, 1.54) is 23.6 Å². The van der Waals surface area contributed by atoms with Crippen LogP contribution in [-0.4, -0.2) is 70.4 Å². The second-order valence-electron chi connectivity index (χ2n) is 7.52. The van der Waals surface area contributed by atoms with Gasteiger partial charge in [0.2, 0.25) is 5.72 Å². The molecule has 9 heteroatoms. The maximum Gasteiger partial charge on any atom is 0.406 e. The van der Waals surface area contributed by atoms with Crippen LogP contribution in [0.3, 0.4) is 0 Å². The van der Waals surface area contributed by atoms with Crippen LogP contribution in [-0.2, 0) is 9.53 Å². The van der Waals surface area contributed by atoms with Crippen LogP contribution in [0.4, 0.5) is 4.79 Å². The number of imide groups is 1. The number of fused-ring (bicyclic) bond motifs is 1. The molecule has 0 spiro atoms. The summed E-state index contributed by atoms with van der Waals surface area (Å²) >= 11 is 1.51. The maximum absolute atomic E-state index is 12.4. The number of ether oxygens (including phenoxy) is 1. The lowest BCUT2D eigenvalue weighted by Gasteiger charge is -2.38. The first-order chi connectivity index (χ1) is 14.4. The van der Waals surface area contributed by atoms with E-state index in [1.807, 2.05) is 4.90 Å². The van der Waals surface area contributed by atoms with Gasteiger partial charge in [-0.3, -0.25) is 24.2 Å². The number of hydrogen-bond acceptors (Lipinski definition) is 7. The van der Waals surface area contributed by atoms with Crippen molar-refractivity contribution in [2.75, 3.05) is 31.1 Å². The van der Waals surface area contributed by atoms with E-state index in [2.05, 4.69) is 0 Å². The van der Waals surface area contributed by atoms with Gasteiger partial charge in [0, 0.05) is 26.6 Å². The summed E-state index contributed by atoms with van der Waals surface area (Å²) in [7, 11) is 0. The van der Waals surface area contributed by atoms with Crippen molar-refractivity contribution in [3.63, 3.8) is 0 Å². The molecule has 2 heterocycles. The first-order valence-corrected chi connectivity index (χ1v) is 11.3. The molecule has 162 valence electrons. The Morgan fingerprint density at radius 1 is 1.10 bits per heavy atom. The van der Waals surface area contributed by atoms with Crippen molar-refractivity contribution in [1.82, 2.24) is 9.80 Å². The van der Waals surface area contributed by atoms with E-state index >= 15 is 0 Å². The summed E-state index contributed by atoms with van der Waals surface area (Å²) in [6, 6.07) is 6.84. The van der Waals surface area contributed by atoms with Crippen molar-refractivity contribution in [2.24, 2.45) is 5.73 Å². The highest BCUT2D eigenvalue weighted by Crippen LogP contribution is 2.29. The second-order valence-corrected chi connectivity index (χ2v) is 8.63. The molecule has 1 unspecified atom stereocenters. The summed E-state index contributed by atoms with van der Waals surface area (Å²) in [5.74, 6) is 0.277. The first kappa shape index (κ1) is 22.3. The van der Waals surface area contributed by atoms with Crippen LogP contribution in [0, 0.1) is 0 Å². The Morgan fingerprint density at radius 2 is 1.70 bits per heavy atom. The van der Waals surface area contributed by atoms with Gasteiger partial charge in [-0.05, 0) is 43.6 Å². The van der Waals surface area contributed by atoms with E-state index in [0.29, 0.717) is 48.7 Å². The van der Waals surface area contributed by atoms with Crippen LogP contribution in [0.5, 0.6) is 0 Å². The van der Waals surface area contributed by atoms with Gasteiger partial charge in [0.1, 0.15) is 0 Å². The lowest BCUT2D eigenvalue weighted by molar-refractivity contribution is -0.151. The molecule has 8 nitrogen and oxygen atoms in total. The number of primary amides is 1. The number of rotatable bonds is 10. The van der Waals surface area contributed by atoms with Crippen molar-refractivity contribution in [3.05, 3.63) is 35.4 Å². The van der Waals surface area contributed by atoms with Crippen LogP contribution in [0.1, 0.15) is 53.3 Å². The van der Waals surface area contributed by atoms with Gasteiger partial charge in [0.15, 0.2) is 5.78 Å². The van der Waals surface area contributed by atoms with Crippen molar-refractivity contribution < 1.29 is 23.9 Å². The fourth-order valence-corrected chi connectivity index (χ4v) is 5.23. The number of thioether (sulfide) groups is 1. The van der Waals surface area contributed by atoms with E-state index in [1.54, 1.807) is 24.3 Å². The largest absolute Gasteiger partial charge is 0.419 e. The number of carbonyl (C=O) groups is 4. The molecule has 0 saturated carbocycles. The molecular weight excluding hydrogens is 406 g/mol. The predicted molar refractivity (Wildman–Crippen MR) is 113 cm³/mol. The standard InChI is InChI=1S/C21H27N3O5S/c1-15(25)21(29-20(22)28,23-10-4-5-11-23)14-30-13-7-6-12-24-18(26)16-8-2-3-9-17(16)19(24)27/h2-3,8-9H,4-7,10-14H2,1H3,(H2,22,28). The predicted octanol–water partition coefficient (Wildman–Crippen LogP) is 2.27. The van der Waals surface area contributed by atoms with Gasteiger partial charge < -0.3 is 10.5 Å². The highest BCUT2D eigenvalue weighted by atomic mass is 32.2. The van der Waals surface area contributed by atoms with Gasteiger partial charge in [-0.1, -0.05) is 12.1 Å². The zero-order valence-corrected chi connectivity index (χ0v) is 17.9. The Bertz CT molecular complexity index is 805. The molecule has 2 aliphatic rings. The minimum absolute atomic E-state index is 0.235. The lowest BCUT2D eigenvalue weighted by atomic mass is 10.1. The van der Waals surface area contributed by atoms with E-state index in [9.17, 15) is 19.2 Å². The van der Waals surface area contributed by atoms with E-state index in [0.717, 1.165) is 19.3 Å². The van der Waals surface area contributed by atoms with Gasteiger partial charge in [-0.15, -0.1) is 0 Å². The SMILES string of the molecule is CC(=O)C(CSCCCCN1C(=O)c2ccccc2C1=O)(OC(N)=O)N1CCCC1. The molecule has 1 aromatic carbocycles. The van der Waals surface area contributed by atoms with E-state index < -0.39 is 11.8 Å². The number of amides is 3. The first-order valence-electron chi connectivity index (χ1n) is 10.1. The third-order valence-corrected chi connectivity index (χ3v) is 6.71. The van der Waals surface area contributed by atoms with Crippen LogP contribution in [0.25, 0.3) is 0 Å². The summed E-state index contributed by atoms with van der Waals surface area (Å²) in [5, 5.41) is 0. The molecule has 0 radical (unpaired) electrons. The van der Waals surface area contributed by atoms with Crippen LogP contribution in [0.2, 0.25) is 0 Å². The molecule has 2 N–H and O–H groups in total. The number of Topliss-reactive ketones (excluding diaryl/α,β-unsaturated/α-hetero) is 1. The smallest absolute Gasteiger partial charge is 0.406 e.